The lowest BCUT2D eigenvalue weighted by atomic mass is 10.1. The molecule has 0 bridgehead atoms. The van der Waals surface area contributed by atoms with Crippen molar-refractivity contribution < 1.29 is 4.79 Å². The van der Waals surface area contributed by atoms with E-state index in [2.05, 4.69) is 5.32 Å². The molecule has 0 aromatic heterocycles. The summed E-state index contributed by atoms with van der Waals surface area (Å²) in [5.74, 6) is 1.17. The highest BCUT2D eigenvalue weighted by Crippen LogP contribution is 2.33. The summed E-state index contributed by atoms with van der Waals surface area (Å²) in [6, 6.07) is -0.351. The second-order valence-corrected chi connectivity index (χ2v) is 4.65. The van der Waals surface area contributed by atoms with Gasteiger partial charge in [-0.15, -0.1) is 0 Å². The Morgan fingerprint density at radius 3 is 2.64 bits per heavy atom. The van der Waals surface area contributed by atoms with E-state index in [0.717, 1.165) is 18.9 Å². The Kier molecular flexibility index (Phi) is 4.39. The van der Waals surface area contributed by atoms with E-state index in [4.69, 9.17) is 5.73 Å². The van der Waals surface area contributed by atoms with Crippen LogP contribution in [0.1, 0.15) is 39.5 Å². The molecule has 1 aliphatic carbocycles. The molecule has 3 N–H and O–H groups in total. The molecule has 0 radical (unpaired) electrons. The van der Waals surface area contributed by atoms with Crippen LogP contribution in [0, 0.1) is 11.8 Å². The Morgan fingerprint density at radius 1 is 1.50 bits per heavy atom. The molecule has 0 aromatic carbocycles. The van der Waals surface area contributed by atoms with Crippen LogP contribution in [-0.2, 0) is 4.79 Å². The van der Waals surface area contributed by atoms with Gasteiger partial charge in [0.1, 0.15) is 0 Å². The van der Waals surface area contributed by atoms with Crippen molar-refractivity contribution in [2.75, 3.05) is 6.54 Å². The number of nitrogens with two attached hydrogens (primary N) is 1. The molecule has 0 heterocycles. The molecule has 1 aliphatic rings. The normalized spacial score (nSPS) is 18.3. The second kappa shape index (κ2) is 5.35. The van der Waals surface area contributed by atoms with Gasteiger partial charge >= 0.3 is 0 Å². The van der Waals surface area contributed by atoms with E-state index in [0.29, 0.717) is 0 Å². The number of hydrogen-bond acceptors (Lipinski definition) is 2. The summed E-state index contributed by atoms with van der Waals surface area (Å²) in [5, 5.41) is 2.88. The minimum Gasteiger partial charge on any atom is -0.355 e. The van der Waals surface area contributed by atoms with Crippen LogP contribution in [0.3, 0.4) is 0 Å². The second-order valence-electron chi connectivity index (χ2n) is 4.65. The third-order valence-corrected chi connectivity index (χ3v) is 2.81. The smallest absolute Gasteiger partial charge is 0.237 e. The fourth-order valence-corrected chi connectivity index (χ4v) is 1.43. The van der Waals surface area contributed by atoms with Gasteiger partial charge in [-0.1, -0.05) is 26.7 Å². The first-order chi connectivity index (χ1) is 6.61. The molecule has 3 heteroatoms. The Balaban J connectivity index is 2.01. The van der Waals surface area contributed by atoms with Crippen molar-refractivity contribution in [1.82, 2.24) is 5.32 Å². The van der Waals surface area contributed by atoms with E-state index < -0.39 is 0 Å². The topological polar surface area (TPSA) is 55.1 Å². The SMILES string of the molecule is CC(C)[C@H](N)C(=O)NCCCC1CC1. The van der Waals surface area contributed by atoms with Gasteiger partial charge in [0, 0.05) is 6.54 Å². The molecule has 1 atom stereocenters. The minimum atomic E-state index is -0.351. The summed E-state index contributed by atoms with van der Waals surface area (Å²) in [6.07, 6.45) is 5.14. The van der Waals surface area contributed by atoms with E-state index in [-0.39, 0.29) is 17.9 Å². The van der Waals surface area contributed by atoms with Crippen LogP contribution in [0.4, 0.5) is 0 Å². The van der Waals surface area contributed by atoms with Crippen molar-refractivity contribution in [3.63, 3.8) is 0 Å². The maximum atomic E-state index is 11.4. The highest BCUT2D eigenvalue weighted by Gasteiger charge is 2.20. The molecule has 14 heavy (non-hydrogen) atoms. The monoisotopic (exact) mass is 198 g/mol. The highest BCUT2D eigenvalue weighted by molar-refractivity contribution is 5.81. The predicted molar refractivity (Wildman–Crippen MR) is 57.8 cm³/mol. The minimum absolute atomic E-state index is 0.00389. The van der Waals surface area contributed by atoms with Gasteiger partial charge in [-0.2, -0.15) is 0 Å². The lowest BCUT2D eigenvalue weighted by Crippen LogP contribution is -2.44. The Bertz CT molecular complexity index is 188. The quantitative estimate of drug-likeness (QED) is 0.632. The molecule has 0 saturated heterocycles. The van der Waals surface area contributed by atoms with E-state index in [9.17, 15) is 4.79 Å². The summed E-state index contributed by atoms with van der Waals surface area (Å²) >= 11 is 0. The van der Waals surface area contributed by atoms with Crippen molar-refractivity contribution in [3.8, 4) is 0 Å². The van der Waals surface area contributed by atoms with E-state index in [1.165, 1.54) is 19.3 Å². The Labute approximate surface area is 86.4 Å². The van der Waals surface area contributed by atoms with Gasteiger partial charge in [-0.05, 0) is 24.7 Å². The third-order valence-electron chi connectivity index (χ3n) is 2.81. The third kappa shape index (κ3) is 4.09. The summed E-state index contributed by atoms with van der Waals surface area (Å²) in [7, 11) is 0. The van der Waals surface area contributed by atoms with Crippen molar-refractivity contribution in [3.05, 3.63) is 0 Å². The van der Waals surface area contributed by atoms with Gasteiger partial charge in [0.15, 0.2) is 0 Å². The van der Waals surface area contributed by atoms with Crippen LogP contribution in [0.5, 0.6) is 0 Å². The zero-order valence-electron chi connectivity index (χ0n) is 9.25. The molecule has 0 aliphatic heterocycles. The molecule has 0 spiro atoms. The fraction of sp³-hybridized carbons (Fsp3) is 0.909. The summed E-state index contributed by atoms with van der Waals surface area (Å²) in [5.41, 5.74) is 5.70. The average Bonchev–Trinajstić information content (AvgIpc) is 2.94. The molecule has 1 rings (SSSR count). The molecular formula is C11H22N2O. The molecule has 1 saturated carbocycles. The van der Waals surface area contributed by atoms with E-state index >= 15 is 0 Å². The molecule has 0 aromatic rings. The van der Waals surface area contributed by atoms with Gasteiger partial charge in [0.2, 0.25) is 5.91 Å². The molecule has 1 fully saturated rings. The number of nitrogens with one attached hydrogen (secondary N) is 1. The first-order valence-corrected chi connectivity index (χ1v) is 5.64. The molecule has 1 amide bonds. The number of carbonyl (C=O) groups excluding carboxylic acids is 1. The standard InChI is InChI=1S/C11H22N2O/c1-8(2)10(12)11(14)13-7-3-4-9-5-6-9/h8-10H,3-7,12H2,1-2H3,(H,13,14)/t10-/m0/s1. The first kappa shape index (κ1) is 11.5. The van der Waals surface area contributed by atoms with Gasteiger partial charge in [-0.25, -0.2) is 0 Å². The summed E-state index contributed by atoms with van der Waals surface area (Å²) < 4.78 is 0. The van der Waals surface area contributed by atoms with Crippen molar-refractivity contribution >= 4 is 5.91 Å². The van der Waals surface area contributed by atoms with E-state index in [1.807, 2.05) is 13.8 Å². The van der Waals surface area contributed by atoms with Gasteiger partial charge in [-0.3, -0.25) is 4.79 Å². The van der Waals surface area contributed by atoms with Crippen LogP contribution in [0.25, 0.3) is 0 Å². The predicted octanol–water partition coefficient (Wildman–Crippen LogP) is 1.28. The van der Waals surface area contributed by atoms with Crippen molar-refractivity contribution in [2.24, 2.45) is 17.6 Å². The zero-order chi connectivity index (χ0) is 10.6. The largest absolute Gasteiger partial charge is 0.355 e. The van der Waals surface area contributed by atoms with Crippen LogP contribution in [-0.4, -0.2) is 18.5 Å². The number of amides is 1. The lowest BCUT2D eigenvalue weighted by molar-refractivity contribution is -0.123. The van der Waals surface area contributed by atoms with Crippen molar-refractivity contribution in [1.29, 1.82) is 0 Å². The molecule has 82 valence electrons. The first-order valence-electron chi connectivity index (χ1n) is 5.64. The van der Waals surface area contributed by atoms with Gasteiger partial charge in [0.25, 0.3) is 0 Å². The molecular weight excluding hydrogens is 176 g/mol. The fourth-order valence-electron chi connectivity index (χ4n) is 1.43. The van der Waals surface area contributed by atoms with Crippen LogP contribution < -0.4 is 11.1 Å². The molecule has 3 nitrogen and oxygen atoms in total. The number of hydrogen-bond donors (Lipinski definition) is 2. The zero-order valence-corrected chi connectivity index (χ0v) is 9.25. The van der Waals surface area contributed by atoms with Gasteiger partial charge in [0.05, 0.1) is 6.04 Å². The van der Waals surface area contributed by atoms with Crippen molar-refractivity contribution in [2.45, 2.75) is 45.6 Å². The van der Waals surface area contributed by atoms with Crippen LogP contribution in [0.2, 0.25) is 0 Å². The maximum absolute atomic E-state index is 11.4. The molecule has 0 unspecified atom stereocenters. The Hall–Kier alpha value is -0.570. The number of rotatable bonds is 6. The maximum Gasteiger partial charge on any atom is 0.237 e. The Morgan fingerprint density at radius 2 is 2.14 bits per heavy atom. The number of carbonyl (C=O) groups is 1. The average molecular weight is 198 g/mol. The highest BCUT2D eigenvalue weighted by atomic mass is 16.2. The van der Waals surface area contributed by atoms with Gasteiger partial charge < -0.3 is 11.1 Å². The van der Waals surface area contributed by atoms with E-state index in [1.54, 1.807) is 0 Å². The lowest BCUT2D eigenvalue weighted by Gasteiger charge is -2.15. The van der Waals surface area contributed by atoms with Crippen LogP contribution >= 0.6 is 0 Å². The summed E-state index contributed by atoms with van der Waals surface area (Å²) in [4.78, 5) is 11.4. The summed E-state index contributed by atoms with van der Waals surface area (Å²) in [6.45, 7) is 4.72. The van der Waals surface area contributed by atoms with Crippen LogP contribution in [0.15, 0.2) is 0 Å².